The predicted molar refractivity (Wildman–Crippen MR) is 76.1 cm³/mol. The highest BCUT2D eigenvalue weighted by molar-refractivity contribution is 5.94. The lowest BCUT2D eigenvalue weighted by molar-refractivity contribution is 0.0721. The van der Waals surface area contributed by atoms with Gasteiger partial charge in [-0.3, -0.25) is 9.78 Å². The number of aliphatic hydroxyl groups is 2. The summed E-state index contributed by atoms with van der Waals surface area (Å²) in [5.41, 5.74) is 1.10. The van der Waals surface area contributed by atoms with E-state index in [4.69, 9.17) is 10.2 Å². The number of amides is 1. The van der Waals surface area contributed by atoms with Gasteiger partial charge in [-0.05, 0) is 12.5 Å². The molecule has 0 aliphatic carbocycles. The molecule has 5 heteroatoms. The second-order valence-electron chi connectivity index (χ2n) is 4.25. The number of aromatic nitrogens is 1. The molecule has 1 aromatic rings. The highest BCUT2D eigenvalue weighted by atomic mass is 16.3. The van der Waals surface area contributed by atoms with Crippen molar-refractivity contribution in [2.24, 2.45) is 0 Å². The molecule has 0 aromatic carbocycles. The molecule has 0 radical (unpaired) electrons. The first-order valence-corrected chi connectivity index (χ1v) is 6.67. The summed E-state index contributed by atoms with van der Waals surface area (Å²) in [5.74, 6) is 5.49. The summed E-state index contributed by atoms with van der Waals surface area (Å²) in [6.07, 6.45) is 4.30. The number of hydrogen-bond acceptors (Lipinski definition) is 4. The molecule has 1 heterocycles. The minimum absolute atomic E-state index is 0.0137. The van der Waals surface area contributed by atoms with Crippen LogP contribution in [0.1, 0.15) is 35.7 Å². The van der Waals surface area contributed by atoms with Crippen molar-refractivity contribution in [3.05, 3.63) is 29.6 Å². The van der Waals surface area contributed by atoms with E-state index in [2.05, 4.69) is 16.8 Å². The van der Waals surface area contributed by atoms with Crippen LogP contribution in [0.4, 0.5) is 0 Å². The van der Waals surface area contributed by atoms with E-state index in [-0.39, 0.29) is 19.1 Å². The molecule has 0 spiro atoms. The Hall–Kier alpha value is -1.90. The zero-order chi connectivity index (χ0) is 14.8. The molecular weight excluding hydrogens is 256 g/mol. The molecule has 0 bridgehead atoms. The maximum Gasteiger partial charge on any atom is 0.255 e. The van der Waals surface area contributed by atoms with Crippen molar-refractivity contribution in [3.63, 3.8) is 0 Å². The zero-order valence-electron chi connectivity index (χ0n) is 11.7. The summed E-state index contributed by atoms with van der Waals surface area (Å²) in [6, 6.07) is 1.68. The Labute approximate surface area is 119 Å². The van der Waals surface area contributed by atoms with E-state index in [1.807, 2.05) is 6.92 Å². The predicted octanol–water partition coefficient (Wildman–Crippen LogP) is 0.660. The third kappa shape index (κ3) is 5.00. The number of pyridine rings is 1. The van der Waals surface area contributed by atoms with Crippen LogP contribution in [0.15, 0.2) is 18.5 Å². The molecule has 0 saturated heterocycles. The van der Waals surface area contributed by atoms with Gasteiger partial charge in [0.15, 0.2) is 0 Å². The molecule has 1 aromatic heterocycles. The number of aliphatic hydroxyl groups excluding tert-OH is 2. The van der Waals surface area contributed by atoms with Crippen molar-refractivity contribution < 1.29 is 15.0 Å². The summed E-state index contributed by atoms with van der Waals surface area (Å²) in [7, 11) is 0. The minimum atomic E-state index is -0.154. The third-order valence-electron chi connectivity index (χ3n) is 2.61. The fourth-order valence-corrected chi connectivity index (χ4v) is 1.73. The van der Waals surface area contributed by atoms with Gasteiger partial charge in [-0.2, -0.15) is 0 Å². The Morgan fingerprint density at radius 1 is 1.30 bits per heavy atom. The molecule has 0 fully saturated rings. The van der Waals surface area contributed by atoms with Crippen LogP contribution in [0.25, 0.3) is 0 Å². The maximum atomic E-state index is 12.3. The fourth-order valence-electron chi connectivity index (χ4n) is 1.73. The van der Waals surface area contributed by atoms with Crippen LogP contribution >= 0.6 is 0 Å². The highest BCUT2D eigenvalue weighted by Crippen LogP contribution is 2.07. The fraction of sp³-hybridized carbons (Fsp3) is 0.467. The molecule has 0 unspecified atom stereocenters. The van der Waals surface area contributed by atoms with Gasteiger partial charge in [0.05, 0.1) is 18.8 Å². The summed E-state index contributed by atoms with van der Waals surface area (Å²) >= 11 is 0. The van der Waals surface area contributed by atoms with E-state index in [9.17, 15) is 4.79 Å². The van der Waals surface area contributed by atoms with Crippen molar-refractivity contribution in [2.45, 2.75) is 19.8 Å². The lowest BCUT2D eigenvalue weighted by Crippen LogP contribution is -2.34. The minimum Gasteiger partial charge on any atom is -0.395 e. The van der Waals surface area contributed by atoms with Crippen molar-refractivity contribution in [1.29, 1.82) is 0 Å². The Morgan fingerprint density at radius 3 is 2.75 bits per heavy atom. The second kappa shape index (κ2) is 9.08. The van der Waals surface area contributed by atoms with Crippen LogP contribution < -0.4 is 0 Å². The number of nitrogens with zero attached hydrogens (tertiary/aromatic N) is 2. The number of rotatable bonds is 6. The van der Waals surface area contributed by atoms with Crippen LogP contribution in [0.5, 0.6) is 0 Å². The smallest absolute Gasteiger partial charge is 0.255 e. The average molecular weight is 276 g/mol. The van der Waals surface area contributed by atoms with E-state index >= 15 is 0 Å². The molecule has 1 rings (SSSR count). The summed E-state index contributed by atoms with van der Waals surface area (Å²) in [6.45, 7) is 2.84. The van der Waals surface area contributed by atoms with Gasteiger partial charge in [0.25, 0.3) is 5.91 Å². The van der Waals surface area contributed by atoms with Crippen LogP contribution in [0.3, 0.4) is 0 Å². The monoisotopic (exact) mass is 276 g/mol. The number of carbonyl (C=O) groups excluding carboxylic acids is 1. The SMILES string of the molecule is CCCN(CCO)C(=O)c1cncc(C#CCCO)c1. The van der Waals surface area contributed by atoms with Gasteiger partial charge in [-0.1, -0.05) is 18.8 Å². The van der Waals surface area contributed by atoms with E-state index in [0.29, 0.717) is 30.6 Å². The molecular formula is C15H20N2O3. The van der Waals surface area contributed by atoms with Crippen molar-refractivity contribution in [3.8, 4) is 11.8 Å². The molecule has 0 aliphatic heterocycles. The number of hydrogen-bond donors (Lipinski definition) is 2. The normalized spacial score (nSPS) is 9.75. The van der Waals surface area contributed by atoms with Crippen LogP contribution in [0, 0.1) is 11.8 Å². The molecule has 20 heavy (non-hydrogen) atoms. The average Bonchev–Trinajstić information content (AvgIpc) is 2.47. The molecule has 0 saturated carbocycles. The Morgan fingerprint density at radius 2 is 2.10 bits per heavy atom. The Balaban J connectivity index is 2.87. The molecule has 5 nitrogen and oxygen atoms in total. The standard InChI is InChI=1S/C15H20N2O3/c1-2-6-17(7-9-19)15(20)14-10-13(11-16-12-14)5-3-4-8-18/h10-12,18-19H,2,4,6-9H2,1H3. The third-order valence-corrected chi connectivity index (χ3v) is 2.61. The lowest BCUT2D eigenvalue weighted by atomic mass is 10.2. The van der Waals surface area contributed by atoms with Crippen LogP contribution in [-0.4, -0.2) is 52.3 Å². The van der Waals surface area contributed by atoms with Crippen molar-refractivity contribution in [2.75, 3.05) is 26.3 Å². The van der Waals surface area contributed by atoms with Crippen molar-refractivity contribution in [1.82, 2.24) is 9.88 Å². The molecule has 0 atom stereocenters. The number of carbonyl (C=O) groups is 1. The summed E-state index contributed by atoms with van der Waals surface area (Å²) < 4.78 is 0. The Kier molecular flexibility index (Phi) is 7.33. The van der Waals surface area contributed by atoms with Gasteiger partial charge in [0.2, 0.25) is 0 Å². The van der Waals surface area contributed by atoms with Crippen LogP contribution in [0.2, 0.25) is 0 Å². The first-order valence-electron chi connectivity index (χ1n) is 6.67. The topological polar surface area (TPSA) is 73.7 Å². The highest BCUT2D eigenvalue weighted by Gasteiger charge is 2.14. The summed E-state index contributed by atoms with van der Waals surface area (Å²) in [5, 5.41) is 17.7. The zero-order valence-corrected chi connectivity index (χ0v) is 11.7. The van der Waals surface area contributed by atoms with E-state index in [0.717, 1.165) is 6.42 Å². The van der Waals surface area contributed by atoms with Gasteiger partial charge in [0.1, 0.15) is 0 Å². The first-order chi connectivity index (χ1) is 9.72. The van der Waals surface area contributed by atoms with E-state index in [1.54, 1.807) is 17.2 Å². The molecule has 2 N–H and O–H groups in total. The van der Waals surface area contributed by atoms with Gasteiger partial charge in [0, 0.05) is 37.5 Å². The Bertz CT molecular complexity index is 485. The van der Waals surface area contributed by atoms with Crippen LogP contribution in [-0.2, 0) is 0 Å². The van der Waals surface area contributed by atoms with E-state index < -0.39 is 0 Å². The molecule has 108 valence electrons. The lowest BCUT2D eigenvalue weighted by Gasteiger charge is -2.20. The quantitative estimate of drug-likeness (QED) is 0.749. The van der Waals surface area contributed by atoms with Gasteiger partial charge < -0.3 is 15.1 Å². The molecule has 1 amide bonds. The molecule has 0 aliphatic rings. The summed E-state index contributed by atoms with van der Waals surface area (Å²) in [4.78, 5) is 17.9. The first kappa shape index (κ1) is 16.2. The second-order valence-corrected chi connectivity index (χ2v) is 4.25. The van der Waals surface area contributed by atoms with Gasteiger partial charge >= 0.3 is 0 Å². The van der Waals surface area contributed by atoms with Crippen molar-refractivity contribution >= 4 is 5.91 Å². The largest absolute Gasteiger partial charge is 0.395 e. The maximum absolute atomic E-state index is 12.3. The van der Waals surface area contributed by atoms with E-state index in [1.165, 1.54) is 6.20 Å². The van der Waals surface area contributed by atoms with Gasteiger partial charge in [-0.25, -0.2) is 0 Å². The van der Waals surface area contributed by atoms with Gasteiger partial charge in [-0.15, -0.1) is 0 Å².